The molecule has 5 nitrogen and oxygen atoms in total. The highest BCUT2D eigenvalue weighted by atomic mass is 19.1. The lowest BCUT2D eigenvalue weighted by atomic mass is 9.89. The van der Waals surface area contributed by atoms with Gasteiger partial charge in [-0.25, -0.2) is 9.18 Å². The van der Waals surface area contributed by atoms with Crippen molar-refractivity contribution in [1.29, 1.82) is 0 Å². The molecule has 6 heteroatoms. The number of carboxylic acid groups (broad SMARTS) is 1. The first kappa shape index (κ1) is 21.8. The summed E-state index contributed by atoms with van der Waals surface area (Å²) in [5, 5.41) is 13.1. The normalized spacial score (nSPS) is 18.0. The van der Waals surface area contributed by atoms with Gasteiger partial charge in [-0.05, 0) is 48.1 Å². The largest absolute Gasteiger partial charge is 0.480 e. The van der Waals surface area contributed by atoms with Gasteiger partial charge in [-0.3, -0.25) is 0 Å². The molecular formula is C25H30FNO4. The molecule has 0 atom stereocenters. The van der Waals surface area contributed by atoms with Crippen molar-refractivity contribution in [2.24, 2.45) is 0 Å². The van der Waals surface area contributed by atoms with Gasteiger partial charge in [0.25, 0.3) is 0 Å². The Morgan fingerprint density at radius 2 is 1.97 bits per heavy atom. The number of aliphatic carboxylic acids is 1. The molecule has 1 heterocycles. The Bertz CT molecular complexity index is 935. The molecule has 0 aromatic heterocycles. The fourth-order valence-electron chi connectivity index (χ4n) is 4.13. The van der Waals surface area contributed by atoms with E-state index in [1.807, 2.05) is 37.3 Å². The van der Waals surface area contributed by atoms with E-state index in [0.29, 0.717) is 55.9 Å². The van der Waals surface area contributed by atoms with Crippen LogP contribution in [0.25, 0.3) is 11.1 Å². The number of hydrogen-bond acceptors (Lipinski definition) is 4. The maximum Gasteiger partial charge on any atom is 0.329 e. The first-order valence-electron chi connectivity index (χ1n) is 11.1. The standard InChI is InChI=1S/C25H30FNO4/c1-2-4-17-5-3-6-22(23(17)26)21-10-7-19(15-18(21)16-31-20-8-9-20)27-25(24(28)29)11-13-30-14-12-25/h3,5-7,10,15,20,27H,2,4,8-9,11-14,16H2,1H3,(H,28,29). The summed E-state index contributed by atoms with van der Waals surface area (Å²) < 4.78 is 26.5. The van der Waals surface area contributed by atoms with E-state index < -0.39 is 11.5 Å². The molecule has 2 aromatic rings. The van der Waals surface area contributed by atoms with Crippen LogP contribution in [0.5, 0.6) is 0 Å². The Balaban J connectivity index is 1.68. The molecule has 1 aliphatic carbocycles. The number of ether oxygens (including phenoxy) is 2. The molecule has 0 amide bonds. The van der Waals surface area contributed by atoms with Crippen molar-refractivity contribution < 1.29 is 23.8 Å². The number of aryl methyl sites for hydroxylation is 1. The van der Waals surface area contributed by atoms with E-state index in [1.54, 1.807) is 6.07 Å². The van der Waals surface area contributed by atoms with E-state index >= 15 is 4.39 Å². The number of rotatable bonds is 9. The molecule has 1 saturated heterocycles. The lowest BCUT2D eigenvalue weighted by Gasteiger charge is -2.35. The van der Waals surface area contributed by atoms with Crippen LogP contribution < -0.4 is 5.32 Å². The summed E-state index contributed by atoms with van der Waals surface area (Å²) >= 11 is 0. The van der Waals surface area contributed by atoms with Crippen LogP contribution in [0.15, 0.2) is 36.4 Å². The second-order valence-corrected chi connectivity index (χ2v) is 8.54. The van der Waals surface area contributed by atoms with Crippen molar-refractivity contribution in [1.82, 2.24) is 0 Å². The predicted octanol–water partition coefficient (Wildman–Crippen LogP) is 5.17. The van der Waals surface area contributed by atoms with E-state index in [9.17, 15) is 9.90 Å². The van der Waals surface area contributed by atoms with Gasteiger partial charge < -0.3 is 19.9 Å². The molecule has 2 aromatic carbocycles. The van der Waals surface area contributed by atoms with Crippen molar-refractivity contribution in [3.8, 4) is 11.1 Å². The average molecular weight is 428 g/mol. The van der Waals surface area contributed by atoms with Gasteiger partial charge in [0.1, 0.15) is 11.4 Å². The van der Waals surface area contributed by atoms with Crippen molar-refractivity contribution in [2.75, 3.05) is 18.5 Å². The van der Waals surface area contributed by atoms with Crippen LogP contribution in [0.4, 0.5) is 10.1 Å². The van der Waals surface area contributed by atoms with Gasteiger partial charge >= 0.3 is 5.97 Å². The monoisotopic (exact) mass is 427 g/mol. The predicted molar refractivity (Wildman–Crippen MR) is 118 cm³/mol. The SMILES string of the molecule is CCCc1cccc(-c2ccc(NC3(C(=O)O)CCOCC3)cc2COC2CC2)c1F. The number of carboxylic acids is 1. The minimum absolute atomic E-state index is 0.191. The third-order valence-electron chi connectivity index (χ3n) is 6.13. The maximum atomic E-state index is 15.2. The van der Waals surface area contributed by atoms with Crippen LogP contribution in [-0.4, -0.2) is 35.9 Å². The zero-order valence-electron chi connectivity index (χ0n) is 18.0. The van der Waals surface area contributed by atoms with Gasteiger partial charge in [0, 0.05) is 37.3 Å². The molecule has 4 rings (SSSR count). The quantitative estimate of drug-likeness (QED) is 0.578. The highest BCUT2D eigenvalue weighted by Gasteiger charge is 2.40. The third kappa shape index (κ3) is 4.91. The molecule has 0 spiro atoms. The van der Waals surface area contributed by atoms with E-state index in [4.69, 9.17) is 9.47 Å². The number of hydrogen-bond donors (Lipinski definition) is 2. The molecule has 0 radical (unpaired) electrons. The second-order valence-electron chi connectivity index (χ2n) is 8.54. The second kappa shape index (κ2) is 9.37. The molecule has 31 heavy (non-hydrogen) atoms. The molecular weight excluding hydrogens is 397 g/mol. The fourth-order valence-corrected chi connectivity index (χ4v) is 4.13. The third-order valence-corrected chi connectivity index (χ3v) is 6.13. The lowest BCUT2D eigenvalue weighted by molar-refractivity contribution is -0.145. The molecule has 1 aliphatic heterocycles. The average Bonchev–Trinajstić information content (AvgIpc) is 3.59. The molecule has 2 aliphatic rings. The summed E-state index contributed by atoms with van der Waals surface area (Å²) in [6.07, 6.45) is 4.72. The summed E-state index contributed by atoms with van der Waals surface area (Å²) in [5.74, 6) is -1.07. The first-order valence-corrected chi connectivity index (χ1v) is 11.1. The number of carbonyl (C=O) groups is 1. The summed E-state index contributed by atoms with van der Waals surface area (Å²) in [6.45, 7) is 3.22. The van der Waals surface area contributed by atoms with Gasteiger partial charge in [-0.2, -0.15) is 0 Å². The van der Waals surface area contributed by atoms with Gasteiger partial charge in [-0.15, -0.1) is 0 Å². The highest BCUT2D eigenvalue weighted by Crippen LogP contribution is 2.34. The highest BCUT2D eigenvalue weighted by molar-refractivity contribution is 5.83. The van der Waals surface area contributed by atoms with Gasteiger partial charge in [0.05, 0.1) is 12.7 Å². The molecule has 0 bridgehead atoms. The Kier molecular flexibility index (Phi) is 6.58. The zero-order chi connectivity index (χ0) is 21.8. The molecule has 2 fully saturated rings. The van der Waals surface area contributed by atoms with Crippen LogP contribution in [0.2, 0.25) is 0 Å². The lowest BCUT2D eigenvalue weighted by Crippen LogP contribution is -2.50. The maximum absolute atomic E-state index is 15.2. The number of nitrogens with one attached hydrogen (secondary N) is 1. The molecule has 2 N–H and O–H groups in total. The van der Waals surface area contributed by atoms with Gasteiger partial charge in [0.15, 0.2) is 0 Å². The summed E-state index contributed by atoms with van der Waals surface area (Å²) in [4.78, 5) is 12.0. The molecule has 0 unspecified atom stereocenters. The van der Waals surface area contributed by atoms with Crippen molar-refractivity contribution in [3.63, 3.8) is 0 Å². The minimum Gasteiger partial charge on any atom is -0.480 e. The van der Waals surface area contributed by atoms with Crippen molar-refractivity contribution in [3.05, 3.63) is 53.3 Å². The van der Waals surface area contributed by atoms with E-state index in [2.05, 4.69) is 5.32 Å². The van der Waals surface area contributed by atoms with E-state index in [-0.39, 0.29) is 11.9 Å². The fraction of sp³-hybridized carbons (Fsp3) is 0.480. The van der Waals surface area contributed by atoms with Crippen LogP contribution in [0.3, 0.4) is 0 Å². The topological polar surface area (TPSA) is 67.8 Å². The van der Waals surface area contributed by atoms with Crippen molar-refractivity contribution in [2.45, 2.75) is 63.7 Å². The smallest absolute Gasteiger partial charge is 0.329 e. The van der Waals surface area contributed by atoms with Crippen LogP contribution >= 0.6 is 0 Å². The van der Waals surface area contributed by atoms with Crippen LogP contribution in [0.1, 0.15) is 50.2 Å². The Labute approximate surface area is 182 Å². The van der Waals surface area contributed by atoms with Gasteiger partial charge in [0.2, 0.25) is 0 Å². The van der Waals surface area contributed by atoms with Gasteiger partial charge in [-0.1, -0.05) is 37.6 Å². The Hall–Kier alpha value is -2.44. The van der Waals surface area contributed by atoms with Crippen LogP contribution in [0, 0.1) is 5.82 Å². The molecule has 166 valence electrons. The summed E-state index contributed by atoms with van der Waals surface area (Å²) in [6, 6.07) is 11.1. The Morgan fingerprint density at radius 3 is 2.65 bits per heavy atom. The number of anilines is 1. The number of benzene rings is 2. The number of halogens is 1. The minimum atomic E-state index is -1.05. The first-order chi connectivity index (χ1) is 15.0. The van der Waals surface area contributed by atoms with E-state index in [1.165, 1.54) is 0 Å². The van der Waals surface area contributed by atoms with E-state index in [0.717, 1.165) is 30.4 Å². The summed E-state index contributed by atoms with van der Waals surface area (Å²) in [5.41, 5.74) is 2.57. The zero-order valence-corrected chi connectivity index (χ0v) is 18.0. The Morgan fingerprint density at radius 1 is 1.19 bits per heavy atom. The summed E-state index contributed by atoms with van der Waals surface area (Å²) in [7, 11) is 0. The van der Waals surface area contributed by atoms with Crippen LogP contribution in [-0.2, 0) is 27.3 Å². The van der Waals surface area contributed by atoms with Crippen molar-refractivity contribution >= 4 is 11.7 Å². The molecule has 1 saturated carbocycles.